The number of allylic oxidation sites excluding steroid dienone is 1. The van der Waals surface area contributed by atoms with Crippen LogP contribution in [0, 0.1) is 23.3 Å². The molecule has 2 nitrogen and oxygen atoms in total. The first-order valence-corrected chi connectivity index (χ1v) is 9.27. The van der Waals surface area contributed by atoms with Gasteiger partial charge in [0, 0.05) is 11.1 Å². The highest BCUT2D eigenvalue weighted by atomic mass is 19.2. The van der Waals surface area contributed by atoms with Crippen molar-refractivity contribution < 1.29 is 27.0 Å². The number of ether oxygens (including phenoxy) is 2. The minimum atomic E-state index is -1.26. The molecular weight excluding hydrogens is 372 g/mol. The highest BCUT2D eigenvalue weighted by Crippen LogP contribution is 2.39. The number of halogens is 4. The molecule has 0 N–H and O–H groups in total. The maximum Gasteiger partial charge on any atom is 0.201 e. The smallest absolute Gasteiger partial charge is 0.201 e. The van der Waals surface area contributed by atoms with Gasteiger partial charge in [-0.1, -0.05) is 12.1 Å². The molecule has 28 heavy (non-hydrogen) atoms. The molecule has 1 aliphatic rings. The van der Waals surface area contributed by atoms with E-state index in [1.54, 1.807) is 20.3 Å². The molecule has 0 heterocycles. The van der Waals surface area contributed by atoms with E-state index in [-0.39, 0.29) is 35.0 Å². The molecule has 0 unspecified atom stereocenters. The van der Waals surface area contributed by atoms with E-state index < -0.39 is 23.3 Å². The highest BCUT2D eigenvalue weighted by Gasteiger charge is 2.26. The first kappa shape index (κ1) is 20.2. The molecule has 0 amide bonds. The Labute approximate surface area is 161 Å². The van der Waals surface area contributed by atoms with Crippen LogP contribution in [0.15, 0.2) is 36.1 Å². The minimum Gasteiger partial charge on any atom is -0.504 e. The zero-order chi connectivity index (χ0) is 20.3. The number of hydrogen-bond donors (Lipinski definition) is 0. The van der Waals surface area contributed by atoms with E-state index in [0.29, 0.717) is 12.8 Å². The van der Waals surface area contributed by atoms with Gasteiger partial charge in [-0.3, -0.25) is 0 Å². The summed E-state index contributed by atoms with van der Waals surface area (Å²) in [6.45, 7) is 1.80. The monoisotopic (exact) mass is 394 g/mol. The van der Waals surface area contributed by atoms with E-state index in [1.165, 1.54) is 24.3 Å². The van der Waals surface area contributed by atoms with Gasteiger partial charge in [0.1, 0.15) is 0 Å². The largest absolute Gasteiger partial charge is 0.504 e. The van der Waals surface area contributed by atoms with Crippen LogP contribution in [0.4, 0.5) is 17.6 Å². The minimum absolute atomic E-state index is 0.125. The van der Waals surface area contributed by atoms with Gasteiger partial charge in [0.2, 0.25) is 5.82 Å². The lowest BCUT2D eigenvalue weighted by molar-refractivity contribution is 0.314. The molecule has 0 atom stereocenters. The number of rotatable bonds is 5. The fraction of sp³-hybridized carbons (Fsp3) is 0.364. The molecule has 0 aliphatic heterocycles. The molecular formula is C22H22F4O2. The molecule has 3 rings (SSSR count). The van der Waals surface area contributed by atoms with Crippen LogP contribution >= 0.6 is 0 Å². The van der Waals surface area contributed by atoms with E-state index >= 15 is 0 Å². The molecule has 2 aromatic carbocycles. The van der Waals surface area contributed by atoms with Gasteiger partial charge in [0.15, 0.2) is 23.2 Å². The van der Waals surface area contributed by atoms with Crippen LogP contribution in [0.3, 0.4) is 0 Å². The predicted octanol–water partition coefficient (Wildman–Crippen LogP) is 6.50. The van der Waals surface area contributed by atoms with Crippen molar-refractivity contribution in [3.63, 3.8) is 0 Å². The van der Waals surface area contributed by atoms with Crippen LogP contribution in [0.5, 0.6) is 5.75 Å². The second-order valence-corrected chi connectivity index (χ2v) is 6.79. The van der Waals surface area contributed by atoms with Crippen LogP contribution in [0.1, 0.15) is 44.1 Å². The van der Waals surface area contributed by atoms with E-state index in [1.807, 2.05) is 0 Å². The Bertz CT molecular complexity index is 883. The topological polar surface area (TPSA) is 18.5 Å². The Morgan fingerprint density at radius 3 is 2.11 bits per heavy atom. The van der Waals surface area contributed by atoms with E-state index in [2.05, 4.69) is 0 Å². The molecule has 6 heteroatoms. The molecule has 0 aromatic heterocycles. The van der Waals surface area contributed by atoms with Gasteiger partial charge < -0.3 is 9.47 Å². The fourth-order valence-corrected chi connectivity index (χ4v) is 3.68. The van der Waals surface area contributed by atoms with Crippen molar-refractivity contribution in [2.75, 3.05) is 13.7 Å². The Morgan fingerprint density at radius 1 is 0.893 bits per heavy atom. The lowest BCUT2D eigenvalue weighted by Crippen LogP contribution is -2.10. The summed E-state index contributed by atoms with van der Waals surface area (Å²) < 4.78 is 68.0. The summed E-state index contributed by atoms with van der Waals surface area (Å²) in [6.07, 6.45) is 4.55. The molecule has 0 saturated heterocycles. The van der Waals surface area contributed by atoms with Crippen molar-refractivity contribution >= 4 is 0 Å². The normalized spacial score (nSPS) is 16.8. The van der Waals surface area contributed by atoms with Gasteiger partial charge in [0.25, 0.3) is 0 Å². The molecule has 150 valence electrons. The van der Waals surface area contributed by atoms with Crippen molar-refractivity contribution in [3.8, 4) is 16.9 Å². The van der Waals surface area contributed by atoms with Gasteiger partial charge in [-0.2, -0.15) is 4.39 Å². The standard InChI is InChI=1S/C22H22F4O2/c1-3-28-18-11-10-17(21(25)22(18)26)16-9-8-15(19(23)20(16)24)14-6-4-13(5-7-14)12-27-2/h8-12,14H,3-7H2,1-2H3. The summed E-state index contributed by atoms with van der Waals surface area (Å²) in [6, 6.07) is 5.19. The second-order valence-electron chi connectivity index (χ2n) is 6.79. The summed E-state index contributed by atoms with van der Waals surface area (Å²) in [7, 11) is 1.58. The molecule has 0 spiro atoms. The van der Waals surface area contributed by atoms with Gasteiger partial charge in [-0.25, -0.2) is 13.2 Å². The Hall–Kier alpha value is -2.50. The van der Waals surface area contributed by atoms with Crippen LogP contribution in [0.25, 0.3) is 11.1 Å². The zero-order valence-corrected chi connectivity index (χ0v) is 15.8. The zero-order valence-electron chi connectivity index (χ0n) is 15.8. The third-order valence-electron chi connectivity index (χ3n) is 5.10. The Balaban J connectivity index is 1.91. The first-order valence-electron chi connectivity index (χ1n) is 9.27. The third-order valence-corrected chi connectivity index (χ3v) is 5.10. The molecule has 1 fully saturated rings. The summed E-state index contributed by atoms with van der Waals surface area (Å²) in [5, 5.41) is 0. The van der Waals surface area contributed by atoms with Gasteiger partial charge in [0.05, 0.1) is 20.0 Å². The quantitative estimate of drug-likeness (QED) is 0.426. The number of methoxy groups -OCH3 is 1. The van der Waals surface area contributed by atoms with Crippen LogP contribution in [-0.4, -0.2) is 13.7 Å². The molecule has 0 radical (unpaired) electrons. The van der Waals surface area contributed by atoms with E-state index in [0.717, 1.165) is 18.4 Å². The van der Waals surface area contributed by atoms with Crippen molar-refractivity contribution in [1.29, 1.82) is 0 Å². The lowest BCUT2D eigenvalue weighted by Gasteiger charge is -2.25. The van der Waals surface area contributed by atoms with Gasteiger partial charge >= 0.3 is 0 Å². The average Bonchev–Trinajstić information content (AvgIpc) is 2.69. The second kappa shape index (κ2) is 8.67. The van der Waals surface area contributed by atoms with E-state index in [4.69, 9.17) is 9.47 Å². The van der Waals surface area contributed by atoms with Gasteiger partial charge in [-0.05, 0) is 61.8 Å². The first-order chi connectivity index (χ1) is 13.5. The summed E-state index contributed by atoms with van der Waals surface area (Å²) in [5.41, 5.74) is 0.766. The van der Waals surface area contributed by atoms with Crippen molar-refractivity contribution in [2.45, 2.75) is 38.5 Å². The number of benzene rings is 2. The fourth-order valence-electron chi connectivity index (χ4n) is 3.68. The van der Waals surface area contributed by atoms with Crippen molar-refractivity contribution in [3.05, 3.63) is 64.9 Å². The van der Waals surface area contributed by atoms with Crippen LogP contribution in [-0.2, 0) is 4.74 Å². The third kappa shape index (κ3) is 3.86. The van der Waals surface area contributed by atoms with Crippen LogP contribution < -0.4 is 4.74 Å². The summed E-state index contributed by atoms with van der Waals surface area (Å²) in [4.78, 5) is 0. The van der Waals surface area contributed by atoms with Crippen molar-refractivity contribution in [1.82, 2.24) is 0 Å². The van der Waals surface area contributed by atoms with Crippen LogP contribution in [0.2, 0.25) is 0 Å². The Morgan fingerprint density at radius 2 is 1.50 bits per heavy atom. The SMILES string of the molecule is CCOc1ccc(-c2ccc(C3CCC(=COC)CC3)c(F)c2F)c(F)c1F. The maximum atomic E-state index is 14.8. The molecule has 1 saturated carbocycles. The molecule has 0 bridgehead atoms. The predicted molar refractivity (Wildman–Crippen MR) is 99.2 cm³/mol. The average molecular weight is 394 g/mol. The molecule has 2 aromatic rings. The molecule has 1 aliphatic carbocycles. The van der Waals surface area contributed by atoms with Gasteiger partial charge in [-0.15, -0.1) is 0 Å². The Kier molecular flexibility index (Phi) is 6.27. The van der Waals surface area contributed by atoms with E-state index in [9.17, 15) is 17.6 Å². The lowest BCUT2D eigenvalue weighted by atomic mass is 9.81. The van der Waals surface area contributed by atoms with Crippen molar-refractivity contribution in [2.24, 2.45) is 0 Å². The summed E-state index contributed by atoms with van der Waals surface area (Å²) in [5.74, 6) is -5.03. The highest BCUT2D eigenvalue weighted by molar-refractivity contribution is 5.66. The maximum absolute atomic E-state index is 14.8. The number of hydrogen-bond acceptors (Lipinski definition) is 2. The summed E-state index contributed by atoms with van der Waals surface area (Å²) >= 11 is 0.